The Morgan fingerprint density at radius 2 is 1.92 bits per heavy atom. The molecule has 128 valence electrons. The van der Waals surface area contributed by atoms with Gasteiger partial charge in [0, 0.05) is 24.3 Å². The van der Waals surface area contributed by atoms with E-state index in [1.165, 1.54) is 11.6 Å². The van der Waals surface area contributed by atoms with Crippen LogP contribution in [0.25, 0.3) is 11.3 Å². The van der Waals surface area contributed by atoms with Crippen LogP contribution in [-0.4, -0.2) is 16.1 Å². The van der Waals surface area contributed by atoms with Gasteiger partial charge >= 0.3 is 0 Å². The van der Waals surface area contributed by atoms with Gasteiger partial charge in [0.05, 0.1) is 6.54 Å². The van der Waals surface area contributed by atoms with Crippen molar-refractivity contribution in [3.05, 3.63) is 65.2 Å². The molecule has 0 amide bonds. The molecule has 3 aromatic rings. The highest BCUT2D eigenvalue weighted by molar-refractivity contribution is 5.77. The van der Waals surface area contributed by atoms with Crippen LogP contribution < -0.4 is 10.6 Å². The molecule has 1 aliphatic heterocycles. The first-order chi connectivity index (χ1) is 12.1. The molecule has 0 saturated heterocycles. The Labute approximate surface area is 146 Å². The summed E-state index contributed by atoms with van der Waals surface area (Å²) >= 11 is 0. The Morgan fingerprint density at radius 1 is 1.12 bits per heavy atom. The SMILES string of the molecule is Cc1ccc(Nc2c(-c3ccc(F)c(C)c3)nc3n2CCNC3)cc1. The lowest BCUT2D eigenvalue weighted by Crippen LogP contribution is -2.28. The number of aryl methyl sites for hydroxylation is 2. The van der Waals surface area contributed by atoms with Crippen LogP contribution in [0.3, 0.4) is 0 Å². The fourth-order valence-corrected chi connectivity index (χ4v) is 3.16. The average molecular weight is 336 g/mol. The van der Waals surface area contributed by atoms with Gasteiger partial charge in [0.1, 0.15) is 23.2 Å². The molecule has 0 radical (unpaired) electrons. The molecule has 25 heavy (non-hydrogen) atoms. The fraction of sp³-hybridized carbons (Fsp3) is 0.250. The van der Waals surface area contributed by atoms with Crippen LogP contribution >= 0.6 is 0 Å². The summed E-state index contributed by atoms with van der Waals surface area (Å²) in [5, 5.41) is 6.87. The normalized spacial score (nSPS) is 13.6. The molecular weight excluding hydrogens is 315 g/mol. The average Bonchev–Trinajstić information content (AvgIpc) is 2.98. The van der Waals surface area contributed by atoms with Crippen LogP contribution in [0, 0.1) is 19.7 Å². The van der Waals surface area contributed by atoms with Gasteiger partial charge in [-0.1, -0.05) is 17.7 Å². The zero-order valence-corrected chi connectivity index (χ0v) is 14.4. The Kier molecular flexibility index (Phi) is 4.01. The second-order valence-electron chi connectivity index (χ2n) is 6.51. The van der Waals surface area contributed by atoms with Crippen molar-refractivity contribution in [3.8, 4) is 11.3 Å². The number of nitrogens with one attached hydrogen (secondary N) is 2. The van der Waals surface area contributed by atoms with Gasteiger partial charge in [-0.25, -0.2) is 9.37 Å². The first kappa shape index (κ1) is 15.8. The van der Waals surface area contributed by atoms with Crippen LogP contribution in [0.5, 0.6) is 0 Å². The lowest BCUT2D eigenvalue weighted by Gasteiger charge is -2.18. The van der Waals surface area contributed by atoms with Gasteiger partial charge in [0.25, 0.3) is 0 Å². The van der Waals surface area contributed by atoms with Crippen molar-refractivity contribution in [2.45, 2.75) is 26.9 Å². The summed E-state index contributed by atoms with van der Waals surface area (Å²) in [6, 6.07) is 13.5. The minimum absolute atomic E-state index is 0.192. The van der Waals surface area contributed by atoms with Gasteiger partial charge in [-0.05, 0) is 49.7 Å². The Bertz CT molecular complexity index is 912. The molecule has 0 bridgehead atoms. The first-order valence-corrected chi connectivity index (χ1v) is 8.52. The molecule has 5 heteroatoms. The molecule has 2 aromatic carbocycles. The fourth-order valence-electron chi connectivity index (χ4n) is 3.16. The molecular formula is C20H21FN4. The number of nitrogens with zero attached hydrogens (tertiary/aromatic N) is 2. The van der Waals surface area contributed by atoms with Gasteiger partial charge in [-0.3, -0.25) is 0 Å². The van der Waals surface area contributed by atoms with E-state index in [4.69, 9.17) is 4.98 Å². The Hall–Kier alpha value is -2.66. The van der Waals surface area contributed by atoms with E-state index in [1.807, 2.05) is 6.07 Å². The predicted octanol–water partition coefficient (Wildman–Crippen LogP) is 4.15. The molecule has 4 nitrogen and oxygen atoms in total. The molecule has 0 saturated carbocycles. The topological polar surface area (TPSA) is 41.9 Å². The third-order valence-electron chi connectivity index (χ3n) is 4.59. The largest absolute Gasteiger partial charge is 0.340 e. The van der Waals surface area contributed by atoms with Crippen molar-refractivity contribution >= 4 is 11.5 Å². The van der Waals surface area contributed by atoms with Crippen LogP contribution in [0.15, 0.2) is 42.5 Å². The molecule has 2 N–H and O–H groups in total. The van der Waals surface area contributed by atoms with Crippen LogP contribution in [0.1, 0.15) is 17.0 Å². The zero-order chi connectivity index (χ0) is 17.4. The summed E-state index contributed by atoms with van der Waals surface area (Å²) in [5.41, 5.74) is 4.66. The number of benzene rings is 2. The predicted molar refractivity (Wildman–Crippen MR) is 98.5 cm³/mol. The summed E-state index contributed by atoms with van der Waals surface area (Å²) in [7, 11) is 0. The van der Waals surface area contributed by atoms with E-state index in [1.54, 1.807) is 13.0 Å². The summed E-state index contributed by atoms with van der Waals surface area (Å²) in [6.07, 6.45) is 0. The number of halogens is 1. The van der Waals surface area contributed by atoms with E-state index in [-0.39, 0.29) is 5.82 Å². The Morgan fingerprint density at radius 3 is 2.68 bits per heavy atom. The molecule has 4 rings (SSSR count). The quantitative estimate of drug-likeness (QED) is 0.755. The maximum Gasteiger partial charge on any atom is 0.138 e. The van der Waals surface area contributed by atoms with Gasteiger partial charge in [-0.2, -0.15) is 0 Å². The minimum atomic E-state index is -0.192. The van der Waals surface area contributed by atoms with Crippen molar-refractivity contribution < 1.29 is 4.39 Å². The van der Waals surface area contributed by atoms with Crippen molar-refractivity contribution in [1.29, 1.82) is 0 Å². The lowest BCUT2D eigenvalue weighted by atomic mass is 10.1. The van der Waals surface area contributed by atoms with Gasteiger partial charge in [0.15, 0.2) is 0 Å². The standard InChI is InChI=1S/C20H21FN4/c1-13-3-6-16(7-4-13)23-20-19(15-5-8-17(21)14(2)11-15)24-18-12-22-9-10-25(18)20/h3-8,11,22-23H,9-10,12H2,1-2H3. The summed E-state index contributed by atoms with van der Waals surface area (Å²) in [6.45, 7) is 6.36. The molecule has 1 aliphatic rings. The highest BCUT2D eigenvalue weighted by Crippen LogP contribution is 2.33. The molecule has 0 unspecified atom stereocenters. The van der Waals surface area contributed by atoms with E-state index in [2.05, 4.69) is 46.4 Å². The third kappa shape index (κ3) is 3.03. The number of rotatable bonds is 3. The Balaban J connectivity index is 1.81. The third-order valence-corrected chi connectivity index (χ3v) is 4.59. The maximum absolute atomic E-state index is 13.7. The number of hydrogen-bond acceptors (Lipinski definition) is 3. The number of anilines is 2. The number of fused-ring (bicyclic) bond motifs is 1. The maximum atomic E-state index is 13.7. The molecule has 2 heterocycles. The van der Waals surface area contributed by atoms with Gasteiger partial charge in [-0.15, -0.1) is 0 Å². The van der Waals surface area contributed by atoms with E-state index in [0.29, 0.717) is 5.56 Å². The van der Waals surface area contributed by atoms with Crippen molar-refractivity contribution in [2.75, 3.05) is 11.9 Å². The second kappa shape index (κ2) is 6.33. The van der Waals surface area contributed by atoms with E-state index >= 15 is 0 Å². The van der Waals surface area contributed by atoms with Crippen LogP contribution in [0.2, 0.25) is 0 Å². The number of aromatic nitrogens is 2. The van der Waals surface area contributed by atoms with E-state index in [0.717, 1.165) is 48.2 Å². The molecule has 1 aromatic heterocycles. The summed E-state index contributed by atoms with van der Waals surface area (Å²) < 4.78 is 15.9. The molecule has 0 fully saturated rings. The second-order valence-corrected chi connectivity index (χ2v) is 6.51. The van der Waals surface area contributed by atoms with Crippen LogP contribution in [0.4, 0.5) is 15.9 Å². The highest BCUT2D eigenvalue weighted by Gasteiger charge is 2.21. The highest BCUT2D eigenvalue weighted by atomic mass is 19.1. The number of hydrogen-bond donors (Lipinski definition) is 2. The van der Waals surface area contributed by atoms with Gasteiger partial charge in [0.2, 0.25) is 0 Å². The monoisotopic (exact) mass is 336 g/mol. The number of imidazole rings is 1. The summed E-state index contributed by atoms with van der Waals surface area (Å²) in [4.78, 5) is 4.82. The van der Waals surface area contributed by atoms with Gasteiger partial charge < -0.3 is 15.2 Å². The van der Waals surface area contributed by atoms with E-state index in [9.17, 15) is 4.39 Å². The smallest absolute Gasteiger partial charge is 0.138 e. The molecule has 0 atom stereocenters. The van der Waals surface area contributed by atoms with Crippen LogP contribution in [-0.2, 0) is 13.1 Å². The lowest BCUT2D eigenvalue weighted by molar-refractivity contribution is 0.509. The van der Waals surface area contributed by atoms with E-state index < -0.39 is 0 Å². The zero-order valence-electron chi connectivity index (χ0n) is 14.4. The first-order valence-electron chi connectivity index (χ1n) is 8.52. The van der Waals surface area contributed by atoms with Crippen molar-refractivity contribution in [3.63, 3.8) is 0 Å². The molecule has 0 aliphatic carbocycles. The minimum Gasteiger partial charge on any atom is -0.340 e. The van der Waals surface area contributed by atoms with Crippen molar-refractivity contribution in [1.82, 2.24) is 14.9 Å². The summed E-state index contributed by atoms with van der Waals surface area (Å²) in [5.74, 6) is 1.77. The molecule has 0 spiro atoms. The van der Waals surface area contributed by atoms with Crippen molar-refractivity contribution in [2.24, 2.45) is 0 Å².